The highest BCUT2D eigenvalue weighted by Gasteiger charge is 2.75. The molecule has 0 aliphatic heterocycles. The van der Waals surface area contributed by atoms with Gasteiger partial charge in [0.1, 0.15) is 0 Å². The Morgan fingerprint density at radius 2 is 1.29 bits per heavy atom. The highest BCUT2D eigenvalue weighted by atomic mass is 19.4. The van der Waals surface area contributed by atoms with Gasteiger partial charge in [0.2, 0.25) is 0 Å². The molecule has 0 saturated heterocycles. The number of hydrogen-bond acceptors (Lipinski definition) is 1. The van der Waals surface area contributed by atoms with Crippen LogP contribution < -0.4 is 5.73 Å². The molecule has 0 fully saturated rings. The van der Waals surface area contributed by atoms with Gasteiger partial charge in [-0.3, -0.25) is 0 Å². The molecule has 0 saturated carbocycles. The van der Waals surface area contributed by atoms with Crippen molar-refractivity contribution >= 4 is 0 Å². The van der Waals surface area contributed by atoms with E-state index in [4.69, 9.17) is 5.73 Å². The van der Waals surface area contributed by atoms with Crippen LogP contribution in [0.15, 0.2) is 0 Å². The summed E-state index contributed by atoms with van der Waals surface area (Å²) in [7, 11) is 0. The predicted molar refractivity (Wildman–Crippen MR) is 48.1 cm³/mol. The minimum absolute atomic E-state index is 0.0233. The normalized spacial score (nSPS) is 16.1. The molecule has 0 heterocycles. The van der Waals surface area contributed by atoms with E-state index in [9.17, 15) is 30.7 Å². The molecular formula is C9H14F7N. The second-order valence-corrected chi connectivity index (χ2v) is 3.81. The average Bonchev–Trinajstić information content (AvgIpc) is 2.13. The van der Waals surface area contributed by atoms with Gasteiger partial charge in [-0.1, -0.05) is 26.2 Å². The van der Waals surface area contributed by atoms with E-state index in [0.29, 0.717) is 12.8 Å². The number of unbranched alkanes of at least 4 members (excludes halogenated alkanes) is 2. The first-order valence-corrected chi connectivity index (χ1v) is 5.06. The van der Waals surface area contributed by atoms with E-state index in [1.165, 1.54) is 0 Å². The summed E-state index contributed by atoms with van der Waals surface area (Å²) >= 11 is 0. The van der Waals surface area contributed by atoms with Crippen LogP contribution in [-0.2, 0) is 0 Å². The Hall–Kier alpha value is -0.530. The lowest BCUT2D eigenvalue weighted by atomic mass is 9.91. The minimum atomic E-state index is -6.06. The van der Waals surface area contributed by atoms with E-state index in [1.54, 1.807) is 6.92 Å². The van der Waals surface area contributed by atoms with Gasteiger partial charge in [-0.25, -0.2) is 4.39 Å². The van der Waals surface area contributed by atoms with Crippen molar-refractivity contribution in [3.63, 3.8) is 0 Å². The zero-order chi connectivity index (χ0) is 13.9. The molecule has 1 unspecified atom stereocenters. The zero-order valence-corrected chi connectivity index (χ0v) is 9.13. The van der Waals surface area contributed by atoms with Crippen LogP contribution in [0.5, 0.6) is 0 Å². The Morgan fingerprint density at radius 3 is 1.59 bits per heavy atom. The fourth-order valence-corrected chi connectivity index (χ4v) is 1.39. The van der Waals surface area contributed by atoms with Crippen molar-refractivity contribution in [2.45, 2.75) is 56.7 Å². The molecule has 1 nitrogen and oxygen atoms in total. The van der Waals surface area contributed by atoms with Crippen LogP contribution in [0.2, 0.25) is 0 Å². The van der Waals surface area contributed by atoms with E-state index in [1.807, 2.05) is 0 Å². The lowest BCUT2D eigenvalue weighted by Crippen LogP contribution is -2.63. The van der Waals surface area contributed by atoms with Crippen molar-refractivity contribution in [2.24, 2.45) is 5.73 Å². The smallest absolute Gasteiger partial charge is 0.324 e. The van der Waals surface area contributed by atoms with Crippen LogP contribution >= 0.6 is 0 Å². The van der Waals surface area contributed by atoms with Crippen LogP contribution in [0, 0.1) is 0 Å². The Bertz CT molecular complexity index is 218. The summed E-state index contributed by atoms with van der Waals surface area (Å²) in [5.41, 5.74) is -0.589. The highest BCUT2D eigenvalue weighted by molar-refractivity contribution is 5.02. The Balaban J connectivity index is 4.95. The Morgan fingerprint density at radius 1 is 0.882 bits per heavy atom. The molecule has 0 radical (unpaired) electrons. The molecular weight excluding hydrogens is 255 g/mol. The van der Waals surface area contributed by atoms with E-state index >= 15 is 0 Å². The summed E-state index contributed by atoms with van der Waals surface area (Å²) in [5, 5.41) is 0. The number of rotatable bonds is 5. The summed E-state index contributed by atoms with van der Waals surface area (Å²) in [4.78, 5) is 0. The van der Waals surface area contributed by atoms with Crippen molar-refractivity contribution in [2.75, 3.05) is 0 Å². The van der Waals surface area contributed by atoms with Crippen molar-refractivity contribution in [3.05, 3.63) is 0 Å². The third-order valence-electron chi connectivity index (χ3n) is 2.45. The number of hydrogen-bond donors (Lipinski definition) is 1. The fourth-order valence-electron chi connectivity index (χ4n) is 1.39. The van der Waals surface area contributed by atoms with Gasteiger partial charge >= 0.3 is 18.0 Å². The first-order chi connectivity index (χ1) is 7.48. The molecule has 0 rings (SSSR count). The van der Waals surface area contributed by atoms with Gasteiger partial charge in [0.25, 0.3) is 0 Å². The second-order valence-electron chi connectivity index (χ2n) is 3.81. The Kier molecular flexibility index (Phi) is 5.24. The maximum atomic E-state index is 13.3. The maximum Gasteiger partial charge on any atom is 0.433 e. The van der Waals surface area contributed by atoms with Crippen LogP contribution in [0.3, 0.4) is 0 Å². The molecule has 0 spiro atoms. The summed E-state index contributed by atoms with van der Waals surface area (Å²) in [5.74, 6) is 0. The second kappa shape index (κ2) is 5.41. The number of nitrogens with two attached hydrogens (primary N) is 1. The lowest BCUT2D eigenvalue weighted by molar-refractivity contribution is -0.347. The molecule has 0 aromatic heterocycles. The van der Waals surface area contributed by atoms with E-state index in [0.717, 1.165) is 0 Å². The maximum absolute atomic E-state index is 13.3. The van der Waals surface area contributed by atoms with E-state index < -0.39 is 30.5 Å². The first-order valence-electron chi connectivity index (χ1n) is 5.06. The van der Waals surface area contributed by atoms with E-state index in [-0.39, 0.29) is 6.42 Å². The predicted octanol–water partition coefficient (Wildman–Crippen LogP) is 3.73. The average molecular weight is 269 g/mol. The van der Waals surface area contributed by atoms with Gasteiger partial charge in [-0.05, 0) is 6.42 Å². The summed E-state index contributed by atoms with van der Waals surface area (Å²) in [6.07, 6.45) is -11.8. The van der Waals surface area contributed by atoms with Gasteiger partial charge in [0.05, 0.1) is 6.04 Å². The third-order valence-corrected chi connectivity index (χ3v) is 2.45. The first kappa shape index (κ1) is 16.5. The molecule has 104 valence electrons. The largest absolute Gasteiger partial charge is 0.433 e. The van der Waals surface area contributed by atoms with Crippen molar-refractivity contribution < 1.29 is 30.7 Å². The van der Waals surface area contributed by atoms with E-state index in [2.05, 4.69) is 0 Å². The topological polar surface area (TPSA) is 26.0 Å². The molecule has 2 N–H and O–H groups in total. The number of halogens is 7. The summed E-state index contributed by atoms with van der Waals surface area (Å²) in [6, 6.07) is -2.63. The SMILES string of the molecule is CCCCCC(N)C(F)(C(F)(F)F)C(F)(F)F. The monoisotopic (exact) mass is 269 g/mol. The molecule has 0 bridgehead atoms. The van der Waals surface area contributed by atoms with Crippen LogP contribution in [0.1, 0.15) is 32.6 Å². The fraction of sp³-hybridized carbons (Fsp3) is 1.00. The molecule has 1 atom stereocenters. The highest BCUT2D eigenvalue weighted by Crippen LogP contribution is 2.48. The van der Waals surface area contributed by atoms with Crippen LogP contribution in [-0.4, -0.2) is 24.1 Å². The van der Waals surface area contributed by atoms with Crippen LogP contribution in [0.4, 0.5) is 30.7 Å². The van der Waals surface area contributed by atoms with Gasteiger partial charge in [-0.2, -0.15) is 26.3 Å². The molecule has 0 amide bonds. The van der Waals surface area contributed by atoms with Gasteiger partial charge in [-0.15, -0.1) is 0 Å². The quantitative estimate of drug-likeness (QED) is 0.597. The van der Waals surface area contributed by atoms with Crippen molar-refractivity contribution in [1.29, 1.82) is 0 Å². The lowest BCUT2D eigenvalue weighted by Gasteiger charge is -2.34. The van der Waals surface area contributed by atoms with Gasteiger partial charge in [0, 0.05) is 0 Å². The Labute approximate surface area is 94.2 Å². The molecule has 0 aromatic rings. The molecule has 0 aliphatic carbocycles. The van der Waals surface area contributed by atoms with Crippen LogP contribution in [0.25, 0.3) is 0 Å². The summed E-state index contributed by atoms with van der Waals surface area (Å²) in [6.45, 7) is 1.71. The molecule has 8 heteroatoms. The molecule has 17 heavy (non-hydrogen) atoms. The third kappa shape index (κ3) is 3.46. The van der Waals surface area contributed by atoms with Crippen molar-refractivity contribution in [3.8, 4) is 0 Å². The molecule has 0 aromatic carbocycles. The van der Waals surface area contributed by atoms with Crippen molar-refractivity contribution in [1.82, 2.24) is 0 Å². The minimum Gasteiger partial charge on any atom is -0.324 e. The van der Waals surface area contributed by atoms with Gasteiger partial charge < -0.3 is 5.73 Å². The summed E-state index contributed by atoms with van der Waals surface area (Å²) < 4.78 is 86.4. The zero-order valence-electron chi connectivity index (χ0n) is 9.13. The number of alkyl halides is 7. The molecule has 0 aliphatic rings. The van der Waals surface area contributed by atoms with Gasteiger partial charge in [0.15, 0.2) is 0 Å². The standard InChI is InChI=1S/C9H14F7N/c1-2-3-4-5-6(17)7(10,8(11,12)13)9(14,15)16/h6H,2-5,17H2,1H3.